The molecule has 1 aliphatic carbocycles. The average Bonchev–Trinajstić information content (AvgIpc) is 3.48. The molecule has 7 heteroatoms. The third-order valence-corrected chi connectivity index (χ3v) is 5.19. The first-order chi connectivity index (χ1) is 13.6. The molecule has 0 aliphatic heterocycles. The van der Waals surface area contributed by atoms with Gasteiger partial charge in [-0.05, 0) is 43.2 Å². The van der Waals surface area contributed by atoms with Gasteiger partial charge in [-0.25, -0.2) is 9.78 Å². The number of aromatic nitrogens is 1. The molecular weight excluding hydrogens is 374 g/mol. The van der Waals surface area contributed by atoms with Crippen LogP contribution in [0, 0.1) is 5.92 Å². The van der Waals surface area contributed by atoms with E-state index in [0.717, 1.165) is 40.6 Å². The Balaban J connectivity index is 1.44. The molecule has 0 unspecified atom stereocenters. The highest BCUT2D eigenvalue weighted by Gasteiger charge is 2.29. The number of carbonyl (C=O) groups is 2. The van der Waals surface area contributed by atoms with Crippen LogP contribution in [-0.2, 0) is 9.53 Å². The molecule has 1 heterocycles. The second-order valence-corrected chi connectivity index (χ2v) is 7.43. The molecule has 0 radical (unpaired) electrons. The third-order valence-electron chi connectivity index (χ3n) is 4.44. The first-order valence-electron chi connectivity index (χ1n) is 8.94. The highest BCUT2D eigenvalue weighted by Crippen LogP contribution is 2.31. The number of ether oxygens (including phenoxy) is 1. The molecule has 2 aromatic carbocycles. The lowest BCUT2D eigenvalue weighted by Crippen LogP contribution is -2.12. The van der Waals surface area contributed by atoms with Crippen molar-refractivity contribution in [1.29, 1.82) is 0 Å². The zero-order chi connectivity index (χ0) is 19.5. The van der Waals surface area contributed by atoms with Gasteiger partial charge in [0.15, 0.2) is 5.13 Å². The lowest BCUT2D eigenvalue weighted by molar-refractivity contribution is -0.117. The molecule has 3 aromatic rings. The Morgan fingerprint density at radius 1 is 1.11 bits per heavy atom. The molecule has 0 saturated heterocycles. The van der Waals surface area contributed by atoms with Crippen molar-refractivity contribution in [1.82, 2.24) is 4.98 Å². The molecule has 0 atom stereocenters. The molecule has 0 bridgehead atoms. The number of benzene rings is 2. The molecular formula is C21H19N3O3S. The molecule has 28 heavy (non-hydrogen) atoms. The topological polar surface area (TPSA) is 80.3 Å². The van der Waals surface area contributed by atoms with Crippen LogP contribution in [0.3, 0.4) is 0 Å². The molecule has 142 valence electrons. The van der Waals surface area contributed by atoms with Gasteiger partial charge in [0.2, 0.25) is 5.91 Å². The number of nitrogens with zero attached hydrogens (tertiary/aromatic N) is 1. The van der Waals surface area contributed by atoms with Crippen LogP contribution in [0.5, 0.6) is 0 Å². The summed E-state index contributed by atoms with van der Waals surface area (Å²) in [5.41, 5.74) is 3.86. The molecule has 1 saturated carbocycles. The zero-order valence-electron chi connectivity index (χ0n) is 15.3. The van der Waals surface area contributed by atoms with Gasteiger partial charge < -0.3 is 15.4 Å². The predicted molar refractivity (Wildman–Crippen MR) is 110 cm³/mol. The molecule has 1 aliphatic rings. The third kappa shape index (κ3) is 4.20. The maximum absolute atomic E-state index is 11.8. The minimum absolute atomic E-state index is 0.0991. The number of carbonyl (C=O) groups excluding carboxylic acids is 2. The van der Waals surface area contributed by atoms with Gasteiger partial charge in [0.1, 0.15) is 0 Å². The van der Waals surface area contributed by atoms with Crippen molar-refractivity contribution in [2.24, 2.45) is 5.92 Å². The minimum Gasteiger partial charge on any atom is -0.465 e. The van der Waals surface area contributed by atoms with Gasteiger partial charge in [-0.15, -0.1) is 11.3 Å². The van der Waals surface area contributed by atoms with E-state index in [2.05, 4.69) is 15.6 Å². The lowest BCUT2D eigenvalue weighted by atomic mass is 10.1. The minimum atomic E-state index is -0.377. The quantitative estimate of drug-likeness (QED) is 0.594. The molecule has 2 N–H and O–H groups in total. The number of hydrogen-bond donors (Lipinski definition) is 2. The smallest absolute Gasteiger partial charge is 0.337 e. The highest BCUT2D eigenvalue weighted by atomic mass is 32.1. The fourth-order valence-electron chi connectivity index (χ4n) is 2.74. The largest absolute Gasteiger partial charge is 0.465 e. The number of anilines is 3. The van der Waals surface area contributed by atoms with Gasteiger partial charge in [0.25, 0.3) is 0 Å². The van der Waals surface area contributed by atoms with E-state index in [0.29, 0.717) is 5.56 Å². The highest BCUT2D eigenvalue weighted by molar-refractivity contribution is 7.14. The number of nitrogens with one attached hydrogen (secondary N) is 2. The van der Waals surface area contributed by atoms with E-state index in [1.807, 2.05) is 35.7 Å². The Morgan fingerprint density at radius 3 is 2.61 bits per heavy atom. The van der Waals surface area contributed by atoms with E-state index in [1.54, 1.807) is 18.2 Å². The van der Waals surface area contributed by atoms with Crippen LogP contribution in [-0.4, -0.2) is 24.0 Å². The zero-order valence-corrected chi connectivity index (χ0v) is 16.1. The van der Waals surface area contributed by atoms with Crippen LogP contribution in [0.2, 0.25) is 0 Å². The summed E-state index contributed by atoms with van der Waals surface area (Å²) in [5.74, 6) is -0.0936. The summed E-state index contributed by atoms with van der Waals surface area (Å²) in [6.45, 7) is 0. The van der Waals surface area contributed by atoms with Gasteiger partial charge >= 0.3 is 5.97 Å². The molecule has 6 nitrogen and oxygen atoms in total. The maximum atomic E-state index is 11.8. The van der Waals surface area contributed by atoms with E-state index < -0.39 is 0 Å². The van der Waals surface area contributed by atoms with Gasteiger partial charge in [-0.3, -0.25) is 4.79 Å². The Bertz CT molecular complexity index is 1010. The van der Waals surface area contributed by atoms with Crippen LogP contribution in [0.25, 0.3) is 11.3 Å². The Hall–Kier alpha value is -3.19. The van der Waals surface area contributed by atoms with Gasteiger partial charge in [-0.2, -0.15) is 0 Å². The standard InChI is InChI=1S/C21H19N3O3S/c1-27-20(26)15-3-2-4-17(11-15)23-21-24-18(12-28-21)13-7-9-16(10-8-13)22-19(25)14-5-6-14/h2-4,7-12,14H,5-6H2,1H3,(H,22,25)(H,23,24). The predicted octanol–water partition coefficient (Wildman–Crippen LogP) is 4.69. The average molecular weight is 393 g/mol. The van der Waals surface area contributed by atoms with Crippen LogP contribution >= 0.6 is 11.3 Å². The van der Waals surface area contributed by atoms with Crippen molar-refractivity contribution >= 4 is 39.7 Å². The van der Waals surface area contributed by atoms with E-state index >= 15 is 0 Å². The van der Waals surface area contributed by atoms with Crippen molar-refractivity contribution in [2.45, 2.75) is 12.8 Å². The van der Waals surface area contributed by atoms with E-state index in [-0.39, 0.29) is 17.8 Å². The van der Waals surface area contributed by atoms with E-state index in [9.17, 15) is 9.59 Å². The normalized spacial score (nSPS) is 13.0. The van der Waals surface area contributed by atoms with Crippen molar-refractivity contribution in [3.05, 3.63) is 59.5 Å². The van der Waals surface area contributed by atoms with Crippen molar-refractivity contribution in [2.75, 3.05) is 17.7 Å². The molecule has 1 amide bonds. The van der Waals surface area contributed by atoms with Crippen LogP contribution < -0.4 is 10.6 Å². The van der Waals surface area contributed by atoms with E-state index in [4.69, 9.17) is 4.74 Å². The molecule has 4 rings (SSSR count). The fourth-order valence-corrected chi connectivity index (χ4v) is 3.48. The Morgan fingerprint density at radius 2 is 1.89 bits per heavy atom. The SMILES string of the molecule is COC(=O)c1cccc(Nc2nc(-c3ccc(NC(=O)C4CC4)cc3)cs2)c1. The Kier molecular flexibility index (Phi) is 5.08. The van der Waals surface area contributed by atoms with Crippen LogP contribution in [0.15, 0.2) is 53.9 Å². The number of rotatable bonds is 6. The first kappa shape index (κ1) is 18.2. The lowest BCUT2D eigenvalue weighted by Gasteiger charge is -2.05. The Labute approximate surface area is 166 Å². The number of esters is 1. The number of methoxy groups -OCH3 is 1. The van der Waals surface area contributed by atoms with Crippen LogP contribution in [0.1, 0.15) is 23.2 Å². The van der Waals surface area contributed by atoms with Gasteiger partial charge in [0.05, 0.1) is 18.4 Å². The summed E-state index contributed by atoms with van der Waals surface area (Å²) in [5, 5.41) is 8.83. The summed E-state index contributed by atoms with van der Waals surface area (Å²) in [7, 11) is 1.36. The van der Waals surface area contributed by atoms with Crippen molar-refractivity contribution < 1.29 is 14.3 Å². The van der Waals surface area contributed by atoms with Crippen molar-refractivity contribution in [3.63, 3.8) is 0 Å². The number of thiazole rings is 1. The monoisotopic (exact) mass is 393 g/mol. The van der Waals surface area contributed by atoms with Crippen LogP contribution in [0.4, 0.5) is 16.5 Å². The summed E-state index contributed by atoms with van der Waals surface area (Å²) < 4.78 is 4.75. The molecule has 1 aromatic heterocycles. The molecule has 0 spiro atoms. The summed E-state index contributed by atoms with van der Waals surface area (Å²) in [6, 6.07) is 14.8. The summed E-state index contributed by atoms with van der Waals surface area (Å²) in [4.78, 5) is 28.1. The second kappa shape index (κ2) is 7.82. The summed E-state index contributed by atoms with van der Waals surface area (Å²) in [6.07, 6.45) is 1.97. The van der Waals surface area contributed by atoms with E-state index in [1.165, 1.54) is 18.4 Å². The fraction of sp³-hybridized carbons (Fsp3) is 0.190. The second-order valence-electron chi connectivity index (χ2n) is 6.58. The molecule has 1 fully saturated rings. The maximum Gasteiger partial charge on any atom is 0.337 e. The number of hydrogen-bond acceptors (Lipinski definition) is 6. The first-order valence-corrected chi connectivity index (χ1v) is 9.82. The number of amides is 1. The van der Waals surface area contributed by atoms with Gasteiger partial charge in [0, 0.05) is 28.2 Å². The van der Waals surface area contributed by atoms with Crippen molar-refractivity contribution in [3.8, 4) is 11.3 Å². The van der Waals surface area contributed by atoms with Gasteiger partial charge in [-0.1, -0.05) is 18.2 Å². The summed E-state index contributed by atoms with van der Waals surface area (Å²) >= 11 is 1.48.